The highest BCUT2D eigenvalue weighted by Gasteiger charge is 2.45. The van der Waals surface area contributed by atoms with Crippen molar-refractivity contribution in [2.75, 3.05) is 5.32 Å². The molecule has 1 aromatic carbocycles. The zero-order valence-electron chi connectivity index (χ0n) is 11.3. The topological polar surface area (TPSA) is 58.2 Å². The smallest absolute Gasteiger partial charge is 0.344 e. The van der Waals surface area contributed by atoms with Gasteiger partial charge in [-0.15, -0.1) is 0 Å². The molecule has 1 aromatic rings. The summed E-state index contributed by atoms with van der Waals surface area (Å²) in [4.78, 5) is 23.7. The molecule has 0 aromatic heterocycles. The van der Waals surface area contributed by atoms with E-state index in [0.717, 1.165) is 5.56 Å². The molecule has 0 spiro atoms. The lowest BCUT2D eigenvalue weighted by Gasteiger charge is -2.29. The quantitative estimate of drug-likeness (QED) is 0.824. The highest BCUT2D eigenvalue weighted by Crippen LogP contribution is 2.29. The van der Waals surface area contributed by atoms with Crippen molar-refractivity contribution < 1.29 is 22.8 Å². The van der Waals surface area contributed by atoms with E-state index in [1.165, 1.54) is 0 Å². The first kappa shape index (κ1) is 15.3. The summed E-state index contributed by atoms with van der Waals surface area (Å²) in [6.45, 7) is 1.79. The van der Waals surface area contributed by atoms with Crippen molar-refractivity contribution in [1.29, 1.82) is 0 Å². The van der Waals surface area contributed by atoms with Crippen LogP contribution < -0.4 is 10.6 Å². The predicted molar refractivity (Wildman–Crippen MR) is 70.5 cm³/mol. The summed E-state index contributed by atoms with van der Waals surface area (Å²) in [6, 6.07) is 5.12. The van der Waals surface area contributed by atoms with E-state index in [4.69, 9.17) is 0 Å². The number of halogens is 3. The standard InChI is InChI=1S/C14H15F3N2O2/c1-8-4-2-3-5-10(8)18-12(20)9-6-7-11(14(15,16)17)19-13(9)21/h2-5,9,11H,6-7H2,1H3,(H,18,20)(H,19,21)/t9-,11+/m1/s1. The number of nitrogens with one attached hydrogen (secondary N) is 2. The maximum atomic E-state index is 12.5. The molecule has 1 heterocycles. The van der Waals surface area contributed by atoms with Gasteiger partial charge in [-0.25, -0.2) is 0 Å². The van der Waals surface area contributed by atoms with Gasteiger partial charge in [-0.1, -0.05) is 18.2 Å². The van der Waals surface area contributed by atoms with Gasteiger partial charge in [0.15, 0.2) is 0 Å². The molecule has 0 aliphatic carbocycles. The van der Waals surface area contributed by atoms with Crippen LogP contribution in [0.15, 0.2) is 24.3 Å². The van der Waals surface area contributed by atoms with Crippen molar-refractivity contribution in [3.8, 4) is 0 Å². The predicted octanol–water partition coefficient (Wildman–Crippen LogP) is 2.39. The number of hydrogen-bond acceptors (Lipinski definition) is 2. The largest absolute Gasteiger partial charge is 0.408 e. The lowest BCUT2D eigenvalue weighted by molar-refractivity contribution is -0.170. The van der Waals surface area contributed by atoms with Crippen LogP contribution >= 0.6 is 0 Å². The minimum Gasteiger partial charge on any atom is -0.344 e. The minimum atomic E-state index is -4.48. The van der Waals surface area contributed by atoms with E-state index >= 15 is 0 Å². The number of rotatable bonds is 2. The maximum Gasteiger partial charge on any atom is 0.408 e. The van der Waals surface area contributed by atoms with Gasteiger partial charge in [0.1, 0.15) is 12.0 Å². The van der Waals surface area contributed by atoms with Gasteiger partial charge in [-0.2, -0.15) is 13.2 Å². The zero-order valence-corrected chi connectivity index (χ0v) is 11.3. The Morgan fingerprint density at radius 1 is 1.29 bits per heavy atom. The van der Waals surface area contributed by atoms with Gasteiger partial charge >= 0.3 is 6.18 Å². The highest BCUT2D eigenvalue weighted by atomic mass is 19.4. The number of amides is 2. The van der Waals surface area contributed by atoms with Crippen LogP contribution in [0, 0.1) is 12.8 Å². The molecule has 4 nitrogen and oxygen atoms in total. The molecule has 0 radical (unpaired) electrons. The van der Waals surface area contributed by atoms with Crippen molar-refractivity contribution >= 4 is 17.5 Å². The van der Waals surface area contributed by atoms with Crippen LogP contribution in [0.5, 0.6) is 0 Å². The molecule has 0 bridgehead atoms. The third kappa shape index (κ3) is 3.53. The lowest BCUT2D eigenvalue weighted by atomic mass is 9.92. The molecule has 0 saturated carbocycles. The van der Waals surface area contributed by atoms with E-state index < -0.39 is 30.0 Å². The van der Waals surface area contributed by atoms with Gasteiger partial charge in [0, 0.05) is 5.69 Å². The summed E-state index contributed by atoms with van der Waals surface area (Å²) < 4.78 is 37.6. The molecule has 2 amide bonds. The second kappa shape index (κ2) is 5.75. The first-order valence-electron chi connectivity index (χ1n) is 6.52. The molecule has 2 atom stereocenters. The van der Waals surface area contributed by atoms with E-state index in [9.17, 15) is 22.8 Å². The highest BCUT2D eigenvalue weighted by molar-refractivity contribution is 6.07. The molecular weight excluding hydrogens is 285 g/mol. The summed E-state index contributed by atoms with van der Waals surface area (Å²) in [5, 5.41) is 4.45. The van der Waals surface area contributed by atoms with Crippen LogP contribution in [0.4, 0.5) is 18.9 Å². The number of carbonyl (C=O) groups is 2. The second-order valence-corrected chi connectivity index (χ2v) is 5.04. The molecule has 114 valence electrons. The van der Waals surface area contributed by atoms with E-state index in [2.05, 4.69) is 5.32 Å². The fourth-order valence-corrected chi connectivity index (χ4v) is 2.24. The van der Waals surface area contributed by atoms with Crippen molar-refractivity contribution in [3.05, 3.63) is 29.8 Å². The summed E-state index contributed by atoms with van der Waals surface area (Å²) in [7, 11) is 0. The SMILES string of the molecule is Cc1ccccc1NC(=O)[C@H]1CC[C@@H](C(F)(F)F)NC1=O. The fourth-order valence-electron chi connectivity index (χ4n) is 2.24. The number of piperidine rings is 1. The minimum absolute atomic E-state index is 0.117. The van der Waals surface area contributed by atoms with Gasteiger partial charge in [0.2, 0.25) is 11.8 Å². The Kier molecular flexibility index (Phi) is 4.20. The number of benzene rings is 1. The monoisotopic (exact) mass is 300 g/mol. The first-order chi connectivity index (χ1) is 9.79. The Hall–Kier alpha value is -2.05. The van der Waals surface area contributed by atoms with E-state index in [-0.39, 0.29) is 12.8 Å². The molecule has 1 saturated heterocycles. The van der Waals surface area contributed by atoms with Crippen LogP contribution in [0.25, 0.3) is 0 Å². The maximum absolute atomic E-state index is 12.5. The summed E-state index contributed by atoms with van der Waals surface area (Å²) in [6.07, 6.45) is -4.89. The number of aryl methyl sites for hydroxylation is 1. The molecule has 1 aliphatic heterocycles. The number of anilines is 1. The fraction of sp³-hybridized carbons (Fsp3) is 0.429. The summed E-state index contributed by atoms with van der Waals surface area (Å²) >= 11 is 0. The molecule has 1 aliphatic rings. The number of hydrogen-bond donors (Lipinski definition) is 2. The molecule has 21 heavy (non-hydrogen) atoms. The molecule has 0 unspecified atom stereocenters. The Bertz CT molecular complexity index is 557. The summed E-state index contributed by atoms with van der Waals surface area (Å²) in [5.74, 6) is -2.56. The van der Waals surface area contributed by atoms with Gasteiger partial charge < -0.3 is 10.6 Å². The van der Waals surface area contributed by atoms with E-state index in [0.29, 0.717) is 5.69 Å². The molecule has 7 heteroatoms. The average Bonchev–Trinajstić information content (AvgIpc) is 2.40. The normalized spacial score (nSPS) is 22.6. The molecule has 1 fully saturated rings. The van der Waals surface area contributed by atoms with Crippen LogP contribution in [0.1, 0.15) is 18.4 Å². The van der Waals surface area contributed by atoms with E-state index in [1.807, 2.05) is 5.32 Å². The number of carbonyl (C=O) groups excluding carboxylic acids is 2. The molecule has 2 rings (SSSR count). The van der Waals surface area contributed by atoms with Crippen molar-refractivity contribution in [2.45, 2.75) is 32.0 Å². The van der Waals surface area contributed by atoms with E-state index in [1.54, 1.807) is 31.2 Å². The van der Waals surface area contributed by atoms with Crippen molar-refractivity contribution in [3.63, 3.8) is 0 Å². The van der Waals surface area contributed by atoms with Crippen molar-refractivity contribution in [1.82, 2.24) is 5.32 Å². The van der Waals surface area contributed by atoms with Gasteiger partial charge in [0.05, 0.1) is 0 Å². The van der Waals surface area contributed by atoms with Crippen molar-refractivity contribution in [2.24, 2.45) is 5.92 Å². The molecule has 2 N–H and O–H groups in total. The Labute approximate surface area is 119 Å². The Morgan fingerprint density at radius 2 is 1.95 bits per heavy atom. The van der Waals surface area contributed by atoms with Crippen LogP contribution in [0.3, 0.4) is 0 Å². The van der Waals surface area contributed by atoms with Crippen LogP contribution in [-0.4, -0.2) is 24.0 Å². The van der Waals surface area contributed by atoms with Crippen LogP contribution in [0.2, 0.25) is 0 Å². The lowest BCUT2D eigenvalue weighted by Crippen LogP contribution is -2.53. The second-order valence-electron chi connectivity index (χ2n) is 5.04. The number of alkyl halides is 3. The van der Waals surface area contributed by atoms with Crippen LogP contribution in [-0.2, 0) is 9.59 Å². The Morgan fingerprint density at radius 3 is 2.52 bits per heavy atom. The third-order valence-electron chi connectivity index (χ3n) is 3.49. The van der Waals surface area contributed by atoms with Gasteiger partial charge in [-0.05, 0) is 31.4 Å². The Balaban J connectivity index is 2.02. The number of para-hydroxylation sites is 1. The van der Waals surface area contributed by atoms with Gasteiger partial charge in [0.25, 0.3) is 0 Å². The van der Waals surface area contributed by atoms with Gasteiger partial charge in [-0.3, -0.25) is 9.59 Å². The third-order valence-corrected chi connectivity index (χ3v) is 3.49. The summed E-state index contributed by atoms with van der Waals surface area (Å²) in [5.41, 5.74) is 1.36. The first-order valence-corrected chi connectivity index (χ1v) is 6.52. The average molecular weight is 300 g/mol. The zero-order chi connectivity index (χ0) is 15.6. The molecular formula is C14H15F3N2O2.